The molecule has 0 bridgehead atoms. The number of hydrogen-bond donors (Lipinski definition) is 1. The lowest BCUT2D eigenvalue weighted by Gasteiger charge is -1.98. The molecule has 0 aliphatic heterocycles. The Morgan fingerprint density at radius 3 is 1.94 bits per heavy atom. The molecule has 0 heterocycles. The Balaban J connectivity index is 3.24. The minimum atomic E-state index is -4.09. The van der Waals surface area contributed by atoms with Crippen molar-refractivity contribution in [3.63, 3.8) is 0 Å². The number of hydrogen-bond acceptors (Lipinski definition) is 2. The third-order valence-corrected chi connectivity index (χ3v) is 2.76. The van der Waals surface area contributed by atoms with Crippen molar-refractivity contribution in [1.82, 2.24) is 0 Å². The number of rotatable bonds is 8. The lowest BCUT2D eigenvalue weighted by atomic mass is 10.1. The van der Waals surface area contributed by atoms with E-state index in [1.54, 1.807) is 0 Å². The number of unbranched alkanes of at least 4 members (excludes halogenated alkanes) is 8. The summed E-state index contributed by atoms with van der Waals surface area (Å²) in [6.07, 6.45) is 10.2. The van der Waals surface area contributed by atoms with Gasteiger partial charge in [0.05, 0.1) is 5.25 Å². The molecule has 0 atom stereocenters. The zero-order chi connectivity index (χ0) is 12.3. The summed E-state index contributed by atoms with van der Waals surface area (Å²) in [7, 11) is -4.09. The van der Waals surface area contributed by atoms with Crippen LogP contribution in [0.1, 0.15) is 64.7 Å². The molecule has 0 saturated carbocycles. The van der Waals surface area contributed by atoms with Gasteiger partial charge in [0.15, 0.2) is 0 Å². The molecule has 4 heteroatoms. The minimum absolute atomic E-state index is 0.550. The molecule has 0 fully saturated rings. The van der Waals surface area contributed by atoms with Gasteiger partial charge in [-0.05, 0) is 6.42 Å². The van der Waals surface area contributed by atoms with Gasteiger partial charge in [0.25, 0.3) is 0 Å². The highest BCUT2D eigenvalue weighted by molar-refractivity contribution is 7.90. The highest BCUT2D eigenvalue weighted by atomic mass is 32.2. The molecule has 0 saturated heterocycles. The summed E-state index contributed by atoms with van der Waals surface area (Å²) >= 11 is 0. The molecule has 0 aromatic rings. The largest absolute Gasteiger partial charge is 0.335 e. The summed E-state index contributed by atoms with van der Waals surface area (Å²) in [5.41, 5.74) is 0. The molecule has 3 nitrogen and oxygen atoms in total. The molecule has 0 rings (SSSR count). The van der Waals surface area contributed by atoms with Gasteiger partial charge >= 0.3 is 10.1 Å². The second-order valence-corrected chi connectivity index (χ2v) is 5.13. The van der Waals surface area contributed by atoms with Crippen LogP contribution in [0.3, 0.4) is 0 Å². The Bertz CT molecular complexity index is 309. The fourth-order valence-electron chi connectivity index (χ4n) is 1.49. The maximum atomic E-state index is 10.2. The van der Waals surface area contributed by atoms with Crippen LogP contribution >= 0.6 is 0 Å². The highest BCUT2D eigenvalue weighted by Crippen LogP contribution is 2.09. The molecule has 0 spiro atoms. The van der Waals surface area contributed by atoms with E-state index < -0.39 is 10.1 Å². The Morgan fingerprint density at radius 1 is 0.938 bits per heavy atom. The Labute approximate surface area is 99.4 Å². The summed E-state index contributed by atoms with van der Waals surface area (Å²) in [4.78, 5) is 0. The summed E-state index contributed by atoms with van der Waals surface area (Å²) in [5.74, 6) is 2.45. The fraction of sp³-hybridized carbons (Fsp3) is 0.833. The first-order valence-electron chi connectivity index (χ1n) is 6.03. The maximum absolute atomic E-state index is 10.2. The van der Waals surface area contributed by atoms with E-state index in [9.17, 15) is 8.42 Å². The lowest BCUT2D eigenvalue weighted by Crippen LogP contribution is -1.89. The van der Waals surface area contributed by atoms with Gasteiger partial charge in [0.1, 0.15) is 0 Å². The van der Waals surface area contributed by atoms with E-state index in [-0.39, 0.29) is 0 Å². The second kappa shape index (κ2) is 9.68. The first-order chi connectivity index (χ1) is 7.56. The van der Waals surface area contributed by atoms with Gasteiger partial charge in [0, 0.05) is 6.42 Å². The zero-order valence-electron chi connectivity index (χ0n) is 10.0. The van der Waals surface area contributed by atoms with Gasteiger partial charge in [-0.2, -0.15) is 8.42 Å². The van der Waals surface area contributed by atoms with E-state index in [1.165, 1.54) is 38.5 Å². The van der Waals surface area contributed by atoms with Gasteiger partial charge in [-0.1, -0.05) is 57.8 Å². The van der Waals surface area contributed by atoms with Crippen molar-refractivity contribution in [2.24, 2.45) is 0 Å². The normalized spacial score (nSPS) is 10.9. The summed E-state index contributed by atoms with van der Waals surface area (Å²) < 4.78 is 28.8. The summed E-state index contributed by atoms with van der Waals surface area (Å²) in [6.45, 7) is 2.20. The highest BCUT2D eigenvalue weighted by Gasteiger charge is 1.93. The van der Waals surface area contributed by atoms with Crippen molar-refractivity contribution >= 4 is 10.1 Å². The van der Waals surface area contributed by atoms with Crippen LogP contribution in [0.25, 0.3) is 0 Å². The third kappa shape index (κ3) is 13.5. The van der Waals surface area contributed by atoms with Gasteiger partial charge < -0.3 is 0 Å². The molecule has 0 aliphatic rings. The fourth-order valence-corrected chi connectivity index (χ4v) is 1.77. The Hall–Kier alpha value is -0.530. The van der Waals surface area contributed by atoms with Gasteiger partial charge in [-0.25, -0.2) is 0 Å². The van der Waals surface area contributed by atoms with Crippen molar-refractivity contribution in [3.05, 3.63) is 0 Å². The van der Waals surface area contributed by atoms with Crippen molar-refractivity contribution in [2.45, 2.75) is 64.7 Å². The van der Waals surface area contributed by atoms with Crippen molar-refractivity contribution in [1.29, 1.82) is 0 Å². The summed E-state index contributed by atoms with van der Waals surface area (Å²) in [6, 6.07) is 0. The molecule has 0 amide bonds. The van der Waals surface area contributed by atoms with E-state index in [1.807, 2.05) is 5.25 Å². The molecule has 16 heavy (non-hydrogen) atoms. The smallest absolute Gasteiger partial charge is 0.276 e. The van der Waals surface area contributed by atoms with Crippen LogP contribution in [-0.2, 0) is 10.1 Å². The van der Waals surface area contributed by atoms with Crippen LogP contribution in [0.5, 0.6) is 0 Å². The first-order valence-corrected chi connectivity index (χ1v) is 7.47. The van der Waals surface area contributed by atoms with Gasteiger partial charge in [-0.3, -0.25) is 4.55 Å². The third-order valence-electron chi connectivity index (χ3n) is 2.36. The van der Waals surface area contributed by atoms with E-state index in [4.69, 9.17) is 4.55 Å². The second-order valence-electron chi connectivity index (χ2n) is 3.98. The van der Waals surface area contributed by atoms with Crippen LogP contribution in [0.15, 0.2) is 0 Å². The van der Waals surface area contributed by atoms with E-state index in [0.717, 1.165) is 12.8 Å². The van der Waals surface area contributed by atoms with E-state index in [0.29, 0.717) is 6.42 Å². The van der Waals surface area contributed by atoms with Crippen molar-refractivity contribution < 1.29 is 13.0 Å². The zero-order valence-corrected chi connectivity index (χ0v) is 10.9. The van der Waals surface area contributed by atoms with Crippen LogP contribution in [0, 0.1) is 11.2 Å². The Morgan fingerprint density at radius 2 is 1.44 bits per heavy atom. The first kappa shape index (κ1) is 15.5. The van der Waals surface area contributed by atoms with Crippen molar-refractivity contribution in [2.75, 3.05) is 0 Å². The average molecular weight is 246 g/mol. The maximum Gasteiger partial charge on any atom is 0.335 e. The van der Waals surface area contributed by atoms with Crippen LogP contribution < -0.4 is 0 Å². The summed E-state index contributed by atoms with van der Waals surface area (Å²) in [5, 5.41) is 1.82. The standard InChI is InChI=1S/C12H22O3S/c1-2-3-4-5-6-7-8-9-10-11-12-16(13,14)15/h2-10H2,1H3,(H,13,14,15). The molecule has 94 valence electrons. The predicted octanol–water partition coefficient (Wildman–Crippen LogP) is 3.37. The van der Waals surface area contributed by atoms with Crippen LogP contribution in [0.2, 0.25) is 0 Å². The van der Waals surface area contributed by atoms with E-state index in [2.05, 4.69) is 12.8 Å². The molecule has 0 aliphatic carbocycles. The lowest BCUT2D eigenvalue weighted by molar-refractivity contribution is 0.496. The van der Waals surface area contributed by atoms with Crippen molar-refractivity contribution in [3.8, 4) is 11.2 Å². The molecular weight excluding hydrogens is 224 g/mol. The minimum Gasteiger partial charge on any atom is -0.276 e. The topological polar surface area (TPSA) is 54.4 Å². The monoisotopic (exact) mass is 246 g/mol. The predicted molar refractivity (Wildman–Crippen MR) is 66.6 cm³/mol. The Kier molecular flexibility index (Phi) is 9.36. The molecule has 0 radical (unpaired) electrons. The van der Waals surface area contributed by atoms with Crippen LogP contribution in [-0.4, -0.2) is 13.0 Å². The average Bonchev–Trinajstić information content (AvgIpc) is 2.19. The molecule has 0 unspecified atom stereocenters. The molecule has 0 aromatic heterocycles. The molecule has 0 aromatic carbocycles. The van der Waals surface area contributed by atoms with Gasteiger partial charge in [0.2, 0.25) is 0 Å². The molecule has 1 N–H and O–H groups in total. The quantitative estimate of drug-likeness (QED) is 0.406. The SMILES string of the molecule is CCCCCCCCCCC#CS(=O)(=O)O. The van der Waals surface area contributed by atoms with Crippen LogP contribution in [0.4, 0.5) is 0 Å². The van der Waals surface area contributed by atoms with Gasteiger partial charge in [-0.15, -0.1) is 0 Å². The van der Waals surface area contributed by atoms with E-state index >= 15 is 0 Å². The molecular formula is C12H22O3S.